The first-order chi connectivity index (χ1) is 15.8. The first-order valence-electron chi connectivity index (χ1n) is 10.8. The van der Waals surface area contributed by atoms with E-state index >= 15 is 0 Å². The van der Waals surface area contributed by atoms with Crippen molar-refractivity contribution < 1.29 is 13.2 Å². The second kappa shape index (κ2) is 9.62. The number of benzene rings is 2. The number of carbonyl (C=O) groups excluding carboxylic acids is 1. The predicted octanol–water partition coefficient (Wildman–Crippen LogP) is 4.22. The number of aryl methyl sites for hydroxylation is 1. The van der Waals surface area contributed by atoms with E-state index in [0.29, 0.717) is 5.69 Å². The number of rotatable bonds is 5. The summed E-state index contributed by atoms with van der Waals surface area (Å²) in [4.78, 5) is 12.7. The Balaban J connectivity index is 1.53. The number of carbonyl (C=O) groups is 1. The number of hydrogen-bond donors (Lipinski definition) is 1. The van der Waals surface area contributed by atoms with Gasteiger partial charge in [0.1, 0.15) is 10.7 Å². The summed E-state index contributed by atoms with van der Waals surface area (Å²) in [5.74, 6) is 1.43. The largest absolute Gasteiger partial charge is 0.322 e. The summed E-state index contributed by atoms with van der Waals surface area (Å²) >= 11 is 6.08. The smallest absolute Gasteiger partial charge is 0.255 e. The molecule has 1 N–H and O–H groups in total. The van der Waals surface area contributed by atoms with E-state index in [-0.39, 0.29) is 15.5 Å². The predicted molar refractivity (Wildman–Crippen MR) is 128 cm³/mol. The third-order valence-corrected chi connectivity index (χ3v) is 8.01. The molecule has 3 aromatic rings. The van der Waals surface area contributed by atoms with Crippen molar-refractivity contribution in [2.75, 3.05) is 19.4 Å². The third kappa shape index (κ3) is 4.95. The Morgan fingerprint density at radius 1 is 1.03 bits per heavy atom. The summed E-state index contributed by atoms with van der Waals surface area (Å²) in [7, 11) is -0.949. The standard InChI is InChI=1S/C23H26ClN5O3S/c1-28(2)33(31,32)20-15-17(10-13-19(20)24)23(30)25-18-11-8-16(9-12-18)22-27-26-21-7-5-3-4-6-14-29(21)22/h8-13,15H,3-7,14H2,1-2H3,(H,25,30). The van der Waals surface area contributed by atoms with Gasteiger partial charge in [-0.2, -0.15) is 0 Å². The summed E-state index contributed by atoms with van der Waals surface area (Å²) < 4.78 is 28.2. The molecule has 0 atom stereocenters. The number of hydrogen-bond acceptors (Lipinski definition) is 5. The summed E-state index contributed by atoms with van der Waals surface area (Å²) in [6, 6.07) is 11.6. The van der Waals surface area contributed by atoms with Gasteiger partial charge in [0, 0.05) is 43.9 Å². The van der Waals surface area contributed by atoms with Crippen LogP contribution < -0.4 is 5.32 Å². The number of fused-ring (bicyclic) bond motifs is 1. The van der Waals surface area contributed by atoms with Crippen molar-refractivity contribution in [1.82, 2.24) is 19.1 Å². The van der Waals surface area contributed by atoms with E-state index in [2.05, 4.69) is 20.1 Å². The molecule has 4 rings (SSSR count). The van der Waals surface area contributed by atoms with Gasteiger partial charge in [0.25, 0.3) is 5.91 Å². The van der Waals surface area contributed by atoms with Crippen LogP contribution in [0.2, 0.25) is 5.02 Å². The van der Waals surface area contributed by atoms with Gasteiger partial charge in [-0.05, 0) is 55.3 Å². The quantitative estimate of drug-likeness (QED) is 0.581. The van der Waals surface area contributed by atoms with E-state index in [4.69, 9.17) is 11.6 Å². The van der Waals surface area contributed by atoms with Gasteiger partial charge in [0.05, 0.1) is 5.02 Å². The molecular weight excluding hydrogens is 462 g/mol. The molecule has 8 nitrogen and oxygen atoms in total. The van der Waals surface area contributed by atoms with Crippen molar-refractivity contribution in [2.24, 2.45) is 0 Å². The van der Waals surface area contributed by atoms with Crippen LogP contribution in [-0.4, -0.2) is 47.5 Å². The van der Waals surface area contributed by atoms with Gasteiger partial charge >= 0.3 is 0 Å². The van der Waals surface area contributed by atoms with Crippen LogP contribution in [0, 0.1) is 0 Å². The Morgan fingerprint density at radius 2 is 1.76 bits per heavy atom. The fourth-order valence-corrected chi connectivity index (χ4v) is 5.21. The van der Waals surface area contributed by atoms with Gasteiger partial charge in [-0.1, -0.05) is 24.4 Å². The minimum atomic E-state index is -3.77. The molecule has 10 heteroatoms. The zero-order chi connectivity index (χ0) is 23.6. The number of nitrogens with one attached hydrogen (secondary N) is 1. The Bertz CT molecular complexity index is 1270. The minimum Gasteiger partial charge on any atom is -0.322 e. The number of aromatic nitrogens is 3. The Kier molecular flexibility index (Phi) is 6.83. The van der Waals surface area contributed by atoms with E-state index in [1.54, 1.807) is 12.1 Å². The second-order valence-corrected chi connectivity index (χ2v) is 10.7. The molecule has 33 heavy (non-hydrogen) atoms. The van der Waals surface area contributed by atoms with Gasteiger partial charge in [0.15, 0.2) is 5.82 Å². The molecule has 1 amide bonds. The Hall–Kier alpha value is -2.75. The number of halogens is 1. The molecule has 0 radical (unpaired) electrons. The minimum absolute atomic E-state index is 0.0627. The molecular formula is C23H26ClN5O3S. The van der Waals surface area contributed by atoms with Crippen molar-refractivity contribution in [3.8, 4) is 11.4 Å². The molecule has 0 saturated heterocycles. The molecule has 0 unspecified atom stereocenters. The topological polar surface area (TPSA) is 97.2 Å². The molecule has 0 saturated carbocycles. The fourth-order valence-electron chi connectivity index (χ4n) is 3.82. The summed E-state index contributed by atoms with van der Waals surface area (Å²) in [5, 5.41) is 11.6. The average Bonchev–Trinajstić information content (AvgIpc) is 3.15. The Labute approximate surface area is 198 Å². The fraction of sp³-hybridized carbons (Fsp3) is 0.348. The lowest BCUT2D eigenvalue weighted by Gasteiger charge is -2.14. The van der Waals surface area contributed by atoms with E-state index in [1.807, 2.05) is 12.1 Å². The van der Waals surface area contributed by atoms with E-state index < -0.39 is 15.9 Å². The Morgan fingerprint density at radius 3 is 2.48 bits per heavy atom. The molecule has 174 valence electrons. The average molecular weight is 488 g/mol. The molecule has 0 spiro atoms. The van der Waals surface area contributed by atoms with E-state index in [0.717, 1.165) is 47.3 Å². The highest BCUT2D eigenvalue weighted by molar-refractivity contribution is 7.89. The van der Waals surface area contributed by atoms with Crippen LogP contribution >= 0.6 is 11.6 Å². The van der Waals surface area contributed by atoms with Crippen molar-refractivity contribution in [3.05, 3.63) is 58.9 Å². The first kappa shape index (κ1) is 23.4. The zero-order valence-corrected chi connectivity index (χ0v) is 20.2. The zero-order valence-electron chi connectivity index (χ0n) is 18.6. The lowest BCUT2D eigenvalue weighted by atomic mass is 10.1. The lowest BCUT2D eigenvalue weighted by Crippen LogP contribution is -2.23. The molecule has 2 aromatic carbocycles. The highest BCUT2D eigenvalue weighted by atomic mass is 35.5. The van der Waals surface area contributed by atoms with Gasteiger partial charge in [0.2, 0.25) is 10.0 Å². The van der Waals surface area contributed by atoms with Gasteiger partial charge in [-0.15, -0.1) is 10.2 Å². The number of anilines is 1. The molecule has 2 heterocycles. The normalized spacial score (nSPS) is 14.4. The first-order valence-corrected chi connectivity index (χ1v) is 12.6. The molecule has 0 bridgehead atoms. The van der Waals surface area contributed by atoms with Crippen LogP contribution in [0.3, 0.4) is 0 Å². The molecule has 0 fully saturated rings. The number of nitrogens with zero attached hydrogens (tertiary/aromatic N) is 4. The highest BCUT2D eigenvalue weighted by Crippen LogP contribution is 2.26. The SMILES string of the molecule is CN(C)S(=O)(=O)c1cc(C(=O)Nc2ccc(-c3nnc4n3CCCCCC4)cc2)ccc1Cl. The molecule has 0 aliphatic carbocycles. The van der Waals surface area contributed by atoms with Crippen LogP contribution in [0.5, 0.6) is 0 Å². The maximum absolute atomic E-state index is 12.8. The molecule has 1 aromatic heterocycles. The summed E-state index contributed by atoms with van der Waals surface area (Å²) in [5.41, 5.74) is 1.71. The highest BCUT2D eigenvalue weighted by Gasteiger charge is 2.22. The second-order valence-electron chi connectivity index (χ2n) is 8.22. The maximum atomic E-state index is 12.8. The molecule has 1 aliphatic rings. The van der Waals surface area contributed by atoms with Crippen LogP contribution in [0.15, 0.2) is 47.4 Å². The van der Waals surface area contributed by atoms with Crippen LogP contribution in [-0.2, 0) is 23.0 Å². The van der Waals surface area contributed by atoms with Crippen molar-refractivity contribution in [3.63, 3.8) is 0 Å². The van der Waals surface area contributed by atoms with Crippen molar-refractivity contribution in [1.29, 1.82) is 0 Å². The van der Waals surface area contributed by atoms with Crippen LogP contribution in [0.4, 0.5) is 5.69 Å². The monoisotopic (exact) mass is 487 g/mol. The number of amides is 1. The van der Waals surface area contributed by atoms with Gasteiger partial charge < -0.3 is 9.88 Å². The molecule has 1 aliphatic heterocycles. The van der Waals surface area contributed by atoms with Crippen LogP contribution in [0.25, 0.3) is 11.4 Å². The van der Waals surface area contributed by atoms with Gasteiger partial charge in [-0.25, -0.2) is 12.7 Å². The van der Waals surface area contributed by atoms with Gasteiger partial charge in [-0.3, -0.25) is 4.79 Å². The van der Waals surface area contributed by atoms with Crippen LogP contribution in [0.1, 0.15) is 41.9 Å². The van der Waals surface area contributed by atoms with Crippen molar-refractivity contribution >= 4 is 33.2 Å². The summed E-state index contributed by atoms with van der Waals surface area (Å²) in [6.45, 7) is 0.908. The summed E-state index contributed by atoms with van der Waals surface area (Å²) in [6.07, 6.45) is 5.62. The van der Waals surface area contributed by atoms with E-state index in [9.17, 15) is 13.2 Å². The maximum Gasteiger partial charge on any atom is 0.255 e. The van der Waals surface area contributed by atoms with E-state index in [1.165, 1.54) is 45.1 Å². The third-order valence-electron chi connectivity index (χ3n) is 5.71. The lowest BCUT2D eigenvalue weighted by molar-refractivity contribution is 0.102. The van der Waals surface area contributed by atoms with Crippen molar-refractivity contribution in [2.45, 2.75) is 43.5 Å². The number of sulfonamides is 1.